The molecule has 3 rings (SSSR count). The molecule has 2 bridgehead atoms. The predicted molar refractivity (Wildman–Crippen MR) is 100 cm³/mol. The highest BCUT2D eigenvalue weighted by Crippen LogP contribution is 2.59. The van der Waals surface area contributed by atoms with Gasteiger partial charge in [-0.1, -0.05) is 126 Å². The Hall–Kier alpha value is 0.130. The third-order valence-corrected chi connectivity index (χ3v) is 6.91. The minimum atomic E-state index is 0.518. The highest BCUT2D eigenvalue weighted by molar-refractivity contribution is 6.65. The number of hydrogen-bond acceptors (Lipinski definition) is 0. The van der Waals surface area contributed by atoms with Gasteiger partial charge in [0.25, 0.3) is 0 Å². The summed E-state index contributed by atoms with van der Waals surface area (Å²) in [6.07, 6.45) is 23.6. The molecule has 0 nitrogen and oxygen atoms in total. The van der Waals surface area contributed by atoms with Crippen LogP contribution >= 0.6 is 0 Å². The summed E-state index contributed by atoms with van der Waals surface area (Å²) in [6, 6.07) is 0. The molecule has 2 heteroatoms. The van der Waals surface area contributed by atoms with Gasteiger partial charge >= 0.3 is 0 Å². The summed E-state index contributed by atoms with van der Waals surface area (Å²) in [7, 11) is 5.71. The Kier molecular flexibility index (Phi) is 6.02. The van der Waals surface area contributed by atoms with Gasteiger partial charge in [0.15, 0.2) is 0 Å². The van der Waals surface area contributed by atoms with Crippen LogP contribution in [0, 0.1) is 0 Å². The van der Waals surface area contributed by atoms with Gasteiger partial charge in [-0.2, -0.15) is 0 Å². The summed E-state index contributed by atoms with van der Waals surface area (Å²) in [4.78, 5) is 0. The highest BCUT2D eigenvalue weighted by atomic mass is 14.3. The molecule has 2 heterocycles. The molecule has 3 aliphatic rings. The Balaban J connectivity index is 1.61. The molecular formula is C20H36B2. The topological polar surface area (TPSA) is 0 Å². The van der Waals surface area contributed by atoms with Crippen LogP contribution in [0.2, 0.25) is 16.3 Å². The van der Waals surface area contributed by atoms with Crippen LogP contribution in [0.1, 0.15) is 110 Å². The number of fused-ring (bicyclic) bond motifs is 2. The first kappa shape index (κ1) is 17.0. The monoisotopic (exact) mass is 298 g/mol. The van der Waals surface area contributed by atoms with Gasteiger partial charge in [-0.15, -0.1) is 0 Å². The maximum Gasteiger partial charge on any atom is 0.115 e. The van der Waals surface area contributed by atoms with Gasteiger partial charge < -0.3 is 0 Å². The average Bonchev–Trinajstić information content (AvgIpc) is 2.84. The van der Waals surface area contributed by atoms with Crippen LogP contribution in [0.4, 0.5) is 0 Å². The summed E-state index contributed by atoms with van der Waals surface area (Å²) in [5.41, 5.74) is 0. The molecule has 2 atom stereocenters. The van der Waals surface area contributed by atoms with Crippen molar-refractivity contribution in [3.8, 4) is 0 Å². The summed E-state index contributed by atoms with van der Waals surface area (Å²) in [6.45, 7) is 2.54. The predicted octanol–water partition coefficient (Wildman–Crippen LogP) is 6.76. The van der Waals surface area contributed by atoms with Crippen molar-refractivity contribution >= 4 is 14.6 Å². The minimum Gasteiger partial charge on any atom is -0.0820 e. The van der Waals surface area contributed by atoms with Gasteiger partial charge in [-0.25, -0.2) is 0 Å². The Bertz CT molecular complexity index is 329. The van der Waals surface area contributed by atoms with Crippen molar-refractivity contribution in [2.45, 2.75) is 126 Å². The Morgan fingerprint density at radius 3 is 2.00 bits per heavy atom. The normalized spacial score (nSPS) is 38.6. The molecule has 0 amide bonds. The molecule has 2 aliphatic heterocycles. The van der Waals surface area contributed by atoms with Gasteiger partial charge in [0.05, 0.1) is 0 Å². The van der Waals surface area contributed by atoms with E-state index >= 15 is 0 Å². The Morgan fingerprint density at radius 1 is 0.682 bits per heavy atom. The van der Waals surface area contributed by atoms with Crippen molar-refractivity contribution in [3.05, 3.63) is 0 Å². The fourth-order valence-corrected chi connectivity index (χ4v) is 5.60. The van der Waals surface area contributed by atoms with Crippen LogP contribution in [0.25, 0.3) is 0 Å². The molecule has 2 radical (unpaired) electrons. The van der Waals surface area contributed by atoms with E-state index in [-0.39, 0.29) is 0 Å². The molecular weight excluding hydrogens is 262 g/mol. The molecule has 2 unspecified atom stereocenters. The van der Waals surface area contributed by atoms with Crippen LogP contribution in [-0.2, 0) is 0 Å². The zero-order chi connectivity index (χ0) is 15.3. The number of rotatable bonds is 2. The fourth-order valence-electron chi connectivity index (χ4n) is 5.60. The summed E-state index contributed by atoms with van der Waals surface area (Å²) in [5.74, 6) is 0.913. The Morgan fingerprint density at radius 2 is 1.27 bits per heavy atom. The lowest BCUT2D eigenvalue weighted by Gasteiger charge is -2.36. The molecule has 3 fully saturated rings. The van der Waals surface area contributed by atoms with Crippen LogP contribution in [-0.4, -0.2) is 14.6 Å². The molecule has 0 aromatic carbocycles. The van der Waals surface area contributed by atoms with Gasteiger partial charge in [0.1, 0.15) is 14.6 Å². The molecule has 2 saturated heterocycles. The third-order valence-electron chi connectivity index (χ3n) is 6.91. The molecule has 1 aliphatic carbocycles. The second-order valence-corrected chi connectivity index (χ2v) is 9.07. The van der Waals surface area contributed by atoms with Gasteiger partial charge in [0.2, 0.25) is 0 Å². The van der Waals surface area contributed by atoms with Crippen molar-refractivity contribution in [1.29, 1.82) is 0 Å². The van der Waals surface area contributed by atoms with E-state index in [0.717, 1.165) is 5.82 Å². The molecule has 1 saturated carbocycles. The molecule has 0 spiro atoms. The number of hydrogen-bond donors (Lipinski definition) is 0. The lowest BCUT2D eigenvalue weighted by atomic mass is 9.26. The lowest BCUT2D eigenvalue weighted by molar-refractivity contribution is 0.492. The van der Waals surface area contributed by atoms with Crippen molar-refractivity contribution in [3.63, 3.8) is 0 Å². The Labute approximate surface area is 141 Å². The lowest BCUT2D eigenvalue weighted by Crippen LogP contribution is -2.31. The van der Waals surface area contributed by atoms with E-state index in [2.05, 4.69) is 21.5 Å². The first-order valence-electron chi connectivity index (χ1n) is 10.4. The minimum absolute atomic E-state index is 0.518. The van der Waals surface area contributed by atoms with E-state index in [1.807, 2.05) is 0 Å². The van der Waals surface area contributed by atoms with Crippen molar-refractivity contribution in [2.24, 2.45) is 0 Å². The average molecular weight is 298 g/mol. The van der Waals surface area contributed by atoms with Crippen LogP contribution < -0.4 is 0 Å². The molecule has 0 aromatic heterocycles. The zero-order valence-electron chi connectivity index (χ0n) is 15.0. The van der Waals surface area contributed by atoms with E-state index < -0.39 is 0 Å². The van der Waals surface area contributed by atoms with Crippen molar-refractivity contribution < 1.29 is 0 Å². The maximum absolute atomic E-state index is 2.88. The van der Waals surface area contributed by atoms with E-state index in [9.17, 15) is 0 Å². The van der Waals surface area contributed by atoms with Crippen molar-refractivity contribution in [1.82, 2.24) is 0 Å². The smallest absolute Gasteiger partial charge is 0.0820 e. The standard InChI is InChI=1S/C20H36B2/c1-19-14-10-7-11-15-20(22-19,17-16-19)21-18-12-8-5-3-2-4-6-9-13-18/h18H,2-17H2,1H3. The zero-order valence-corrected chi connectivity index (χ0v) is 15.0. The van der Waals surface area contributed by atoms with E-state index in [1.165, 1.54) is 103 Å². The molecule has 0 aromatic rings. The quantitative estimate of drug-likeness (QED) is 0.494. The molecule has 0 N–H and O–H groups in total. The summed E-state index contributed by atoms with van der Waals surface area (Å²) < 4.78 is 0. The van der Waals surface area contributed by atoms with Crippen LogP contribution in [0.3, 0.4) is 0 Å². The first-order valence-corrected chi connectivity index (χ1v) is 10.4. The SMILES string of the molecule is CC12[B]C([B]C3CCCCCCCCC3)(CCCCC1)CC2. The largest absolute Gasteiger partial charge is 0.115 e. The highest BCUT2D eigenvalue weighted by Gasteiger charge is 2.47. The summed E-state index contributed by atoms with van der Waals surface area (Å²) >= 11 is 0. The third kappa shape index (κ3) is 4.57. The molecule has 122 valence electrons. The van der Waals surface area contributed by atoms with Crippen LogP contribution in [0.5, 0.6) is 0 Å². The van der Waals surface area contributed by atoms with Gasteiger partial charge in [-0.05, 0) is 0 Å². The van der Waals surface area contributed by atoms with E-state index in [4.69, 9.17) is 0 Å². The molecule has 22 heavy (non-hydrogen) atoms. The fraction of sp³-hybridized carbons (Fsp3) is 1.00. The second kappa shape index (κ2) is 7.80. The maximum atomic E-state index is 2.88. The van der Waals surface area contributed by atoms with E-state index in [1.54, 1.807) is 0 Å². The first-order chi connectivity index (χ1) is 10.7. The van der Waals surface area contributed by atoms with Gasteiger partial charge in [-0.3, -0.25) is 0 Å². The van der Waals surface area contributed by atoms with Crippen LogP contribution in [0.15, 0.2) is 0 Å². The van der Waals surface area contributed by atoms with Gasteiger partial charge in [0, 0.05) is 0 Å². The second-order valence-electron chi connectivity index (χ2n) is 9.07. The van der Waals surface area contributed by atoms with E-state index in [0.29, 0.717) is 10.5 Å². The van der Waals surface area contributed by atoms with Crippen molar-refractivity contribution in [2.75, 3.05) is 0 Å². The summed E-state index contributed by atoms with van der Waals surface area (Å²) in [5, 5.41) is 1.08.